The van der Waals surface area contributed by atoms with Crippen molar-refractivity contribution in [1.82, 2.24) is 14.6 Å². The summed E-state index contributed by atoms with van der Waals surface area (Å²) >= 11 is 0. The van der Waals surface area contributed by atoms with Crippen LogP contribution in [0.2, 0.25) is 0 Å². The van der Waals surface area contributed by atoms with Crippen LogP contribution in [0, 0.1) is 6.92 Å². The van der Waals surface area contributed by atoms with Gasteiger partial charge in [-0.25, -0.2) is 9.50 Å². The first-order valence-electron chi connectivity index (χ1n) is 5.17. The predicted molar refractivity (Wildman–Crippen MR) is 60.9 cm³/mol. The molecule has 7 nitrogen and oxygen atoms in total. The molecule has 0 aromatic carbocycles. The zero-order valence-electron chi connectivity index (χ0n) is 9.88. The van der Waals surface area contributed by atoms with E-state index >= 15 is 0 Å². The topological polar surface area (TPSA) is 93.8 Å². The maximum Gasteiger partial charge on any atom is 0.311 e. The van der Waals surface area contributed by atoms with Gasteiger partial charge in [0.25, 0.3) is 0 Å². The van der Waals surface area contributed by atoms with Gasteiger partial charge in [0, 0.05) is 6.07 Å². The number of carboxylic acid groups (broad SMARTS) is 1. The third-order valence-electron chi connectivity index (χ3n) is 2.33. The van der Waals surface area contributed by atoms with Crippen LogP contribution in [-0.4, -0.2) is 38.6 Å². The van der Waals surface area contributed by atoms with Crippen LogP contribution in [0.3, 0.4) is 0 Å². The van der Waals surface area contributed by atoms with E-state index in [4.69, 9.17) is 9.84 Å². The average Bonchev–Trinajstić information content (AvgIpc) is 2.70. The number of nitrogens with zero attached hydrogens (tertiary/aromatic N) is 3. The number of aryl methyl sites for hydroxylation is 1. The summed E-state index contributed by atoms with van der Waals surface area (Å²) < 4.78 is 6.54. The van der Waals surface area contributed by atoms with Crippen molar-refractivity contribution in [3.63, 3.8) is 0 Å². The molecule has 2 rings (SSSR count). The fourth-order valence-electron chi connectivity index (χ4n) is 1.59. The predicted octanol–water partition coefficient (Wildman–Crippen LogP) is 0.704. The van der Waals surface area contributed by atoms with Crippen LogP contribution in [0.5, 0.6) is 5.88 Å². The molecule has 0 atom stereocenters. The van der Waals surface area contributed by atoms with Gasteiger partial charge in [-0.2, -0.15) is 5.10 Å². The summed E-state index contributed by atoms with van der Waals surface area (Å²) in [5, 5.41) is 12.6. The number of rotatable bonds is 4. The minimum Gasteiger partial charge on any atom is -0.481 e. The van der Waals surface area contributed by atoms with Gasteiger partial charge in [-0.3, -0.25) is 9.59 Å². The van der Waals surface area contributed by atoms with Crippen molar-refractivity contribution < 1.29 is 19.4 Å². The molecule has 2 aromatic rings. The Morgan fingerprint density at radius 3 is 2.83 bits per heavy atom. The summed E-state index contributed by atoms with van der Waals surface area (Å²) in [6.07, 6.45) is 1.05. The first kappa shape index (κ1) is 12.0. The van der Waals surface area contributed by atoms with E-state index in [1.165, 1.54) is 17.7 Å². The summed E-state index contributed by atoms with van der Waals surface area (Å²) in [5.74, 6) is -1.39. The number of Topliss-reactive ketones (excluding diaryl/α,β-unsaturated/α-hetero) is 1. The van der Waals surface area contributed by atoms with E-state index in [-0.39, 0.29) is 5.69 Å². The van der Waals surface area contributed by atoms with Gasteiger partial charge in [0.05, 0.1) is 19.0 Å². The number of ether oxygens (including phenoxy) is 1. The van der Waals surface area contributed by atoms with Crippen LogP contribution < -0.4 is 4.74 Å². The van der Waals surface area contributed by atoms with E-state index < -0.39 is 18.2 Å². The second-order valence-electron chi connectivity index (χ2n) is 3.74. The molecule has 0 saturated heterocycles. The molecule has 18 heavy (non-hydrogen) atoms. The zero-order valence-corrected chi connectivity index (χ0v) is 9.88. The molecular formula is C11H11N3O4. The summed E-state index contributed by atoms with van der Waals surface area (Å²) in [6.45, 7) is 1.77. The number of carbonyl (C=O) groups is 2. The largest absolute Gasteiger partial charge is 0.481 e. The molecule has 7 heteroatoms. The van der Waals surface area contributed by atoms with Crippen molar-refractivity contribution in [1.29, 1.82) is 0 Å². The van der Waals surface area contributed by atoms with Crippen molar-refractivity contribution in [2.45, 2.75) is 13.3 Å². The second-order valence-corrected chi connectivity index (χ2v) is 3.74. The van der Waals surface area contributed by atoms with Crippen molar-refractivity contribution in [3.8, 4) is 5.88 Å². The number of ketones is 1. The summed E-state index contributed by atoms with van der Waals surface area (Å²) in [4.78, 5) is 26.2. The van der Waals surface area contributed by atoms with Crippen LogP contribution in [-0.2, 0) is 4.79 Å². The molecule has 0 saturated carbocycles. The molecule has 0 aliphatic rings. The number of hydrogen-bond donors (Lipinski definition) is 1. The molecule has 94 valence electrons. The van der Waals surface area contributed by atoms with Crippen LogP contribution in [0.15, 0.2) is 12.3 Å². The maximum atomic E-state index is 11.6. The number of methoxy groups -OCH3 is 1. The Labute approximate surface area is 102 Å². The molecule has 0 spiro atoms. The summed E-state index contributed by atoms with van der Waals surface area (Å²) in [7, 11) is 1.47. The summed E-state index contributed by atoms with van der Waals surface area (Å²) in [6, 6.07) is 1.47. The Morgan fingerprint density at radius 2 is 2.22 bits per heavy atom. The lowest BCUT2D eigenvalue weighted by atomic mass is 10.2. The lowest BCUT2D eigenvalue weighted by Crippen LogP contribution is -2.07. The SMILES string of the molecule is COc1nc(C)cn2nc(C(=O)CC(=O)O)cc12. The van der Waals surface area contributed by atoms with Crippen molar-refractivity contribution in [2.75, 3.05) is 7.11 Å². The van der Waals surface area contributed by atoms with E-state index in [0.717, 1.165) is 0 Å². The van der Waals surface area contributed by atoms with Gasteiger partial charge in [0.2, 0.25) is 5.88 Å². The lowest BCUT2D eigenvalue weighted by Gasteiger charge is -2.01. The molecule has 2 aromatic heterocycles. The first-order valence-corrected chi connectivity index (χ1v) is 5.17. The van der Waals surface area contributed by atoms with Crippen molar-refractivity contribution in [3.05, 3.63) is 23.7 Å². The molecule has 1 N–H and O–H groups in total. The van der Waals surface area contributed by atoms with E-state index in [9.17, 15) is 9.59 Å². The first-order chi connectivity index (χ1) is 8.51. The minimum atomic E-state index is -1.18. The Balaban J connectivity index is 2.50. The summed E-state index contributed by atoms with van der Waals surface area (Å²) in [5.41, 5.74) is 1.29. The highest BCUT2D eigenvalue weighted by atomic mass is 16.5. The number of carbonyl (C=O) groups excluding carboxylic acids is 1. The normalized spacial score (nSPS) is 10.6. The van der Waals surface area contributed by atoms with Gasteiger partial charge in [-0.05, 0) is 6.92 Å². The van der Waals surface area contributed by atoms with Crippen molar-refractivity contribution >= 4 is 17.3 Å². The van der Waals surface area contributed by atoms with Crippen LogP contribution in [0.1, 0.15) is 22.6 Å². The van der Waals surface area contributed by atoms with Crippen LogP contribution in [0.25, 0.3) is 5.52 Å². The monoisotopic (exact) mass is 249 g/mol. The van der Waals surface area contributed by atoms with E-state index in [2.05, 4.69) is 10.1 Å². The van der Waals surface area contributed by atoms with Gasteiger partial charge in [0.1, 0.15) is 17.6 Å². The van der Waals surface area contributed by atoms with Gasteiger partial charge < -0.3 is 9.84 Å². The Hall–Kier alpha value is -2.44. The Morgan fingerprint density at radius 1 is 1.50 bits per heavy atom. The maximum absolute atomic E-state index is 11.6. The molecular weight excluding hydrogens is 238 g/mol. The number of aromatic nitrogens is 3. The number of hydrogen-bond acceptors (Lipinski definition) is 5. The Bertz CT molecular complexity index is 632. The molecule has 2 heterocycles. The number of fused-ring (bicyclic) bond motifs is 1. The third kappa shape index (κ3) is 2.15. The molecule has 0 bridgehead atoms. The van der Waals surface area contributed by atoms with Gasteiger partial charge in [-0.1, -0.05) is 0 Å². The molecule has 0 aliphatic carbocycles. The molecule has 0 amide bonds. The zero-order chi connectivity index (χ0) is 13.3. The van der Waals surface area contributed by atoms with E-state index in [0.29, 0.717) is 17.1 Å². The lowest BCUT2D eigenvalue weighted by molar-refractivity contribution is -0.135. The standard InChI is InChI=1S/C11H11N3O4/c1-6-5-14-8(11(12-6)18-2)3-7(13-14)9(15)4-10(16)17/h3,5H,4H2,1-2H3,(H,16,17). The molecule has 0 radical (unpaired) electrons. The molecule has 0 fully saturated rings. The van der Waals surface area contributed by atoms with Gasteiger partial charge in [0.15, 0.2) is 5.78 Å². The smallest absolute Gasteiger partial charge is 0.311 e. The highest BCUT2D eigenvalue weighted by Crippen LogP contribution is 2.19. The number of aliphatic carboxylic acids is 1. The van der Waals surface area contributed by atoms with Crippen molar-refractivity contribution in [2.24, 2.45) is 0 Å². The third-order valence-corrected chi connectivity index (χ3v) is 2.33. The van der Waals surface area contributed by atoms with E-state index in [1.54, 1.807) is 13.1 Å². The fourth-order valence-corrected chi connectivity index (χ4v) is 1.59. The van der Waals surface area contributed by atoms with E-state index in [1.807, 2.05) is 0 Å². The molecule has 0 aliphatic heterocycles. The Kier molecular flexibility index (Phi) is 2.97. The van der Waals surface area contributed by atoms with Crippen LogP contribution in [0.4, 0.5) is 0 Å². The second kappa shape index (κ2) is 4.44. The fraction of sp³-hybridized carbons (Fsp3) is 0.273. The van der Waals surface area contributed by atoms with Gasteiger partial charge in [-0.15, -0.1) is 0 Å². The minimum absolute atomic E-state index is 0.0862. The quantitative estimate of drug-likeness (QED) is 0.633. The molecule has 0 unspecified atom stereocenters. The van der Waals surface area contributed by atoms with Crippen LogP contribution >= 0.6 is 0 Å². The highest BCUT2D eigenvalue weighted by molar-refractivity contribution is 6.05. The van der Waals surface area contributed by atoms with Gasteiger partial charge >= 0.3 is 5.97 Å². The number of carboxylic acids is 1. The highest BCUT2D eigenvalue weighted by Gasteiger charge is 2.16. The average molecular weight is 249 g/mol.